The largest absolute Gasteiger partial charge is 0.493 e. The van der Waals surface area contributed by atoms with Gasteiger partial charge >= 0.3 is 0 Å². The van der Waals surface area contributed by atoms with Crippen LogP contribution in [0, 0.1) is 0 Å². The Morgan fingerprint density at radius 1 is 0.882 bits per heavy atom. The Kier molecular flexibility index (Phi) is 7.28. The van der Waals surface area contributed by atoms with Crippen molar-refractivity contribution in [3.63, 3.8) is 0 Å². The van der Waals surface area contributed by atoms with E-state index >= 15 is 0 Å². The number of hydrogen-bond donors (Lipinski definition) is 1. The van der Waals surface area contributed by atoms with Crippen molar-refractivity contribution in [2.24, 2.45) is 0 Å². The summed E-state index contributed by atoms with van der Waals surface area (Å²) in [5.74, 6) is 2.35. The Balaban J connectivity index is 1.46. The number of aromatic nitrogens is 1. The third-order valence-electron chi connectivity index (χ3n) is 5.58. The van der Waals surface area contributed by atoms with Gasteiger partial charge in [0.15, 0.2) is 11.5 Å². The number of pyridine rings is 1. The number of hydrogen-bond acceptors (Lipinski definition) is 5. The summed E-state index contributed by atoms with van der Waals surface area (Å²) in [5, 5.41) is 3.74. The minimum atomic E-state index is -0.142. The Morgan fingerprint density at radius 2 is 1.59 bits per heavy atom. The molecular weight excluding hydrogens is 428 g/mol. The van der Waals surface area contributed by atoms with Crippen molar-refractivity contribution in [2.45, 2.75) is 26.2 Å². The Bertz CT molecular complexity index is 1270. The van der Waals surface area contributed by atoms with E-state index in [4.69, 9.17) is 14.2 Å². The van der Waals surface area contributed by atoms with Gasteiger partial charge in [-0.25, -0.2) is 0 Å². The third-order valence-corrected chi connectivity index (χ3v) is 5.58. The molecule has 6 heteroatoms. The molecule has 0 fully saturated rings. The van der Waals surface area contributed by atoms with Crippen LogP contribution < -0.4 is 19.5 Å². The molecule has 4 rings (SSSR count). The molecule has 6 nitrogen and oxygen atoms in total. The second kappa shape index (κ2) is 10.7. The Morgan fingerprint density at radius 3 is 2.26 bits per heavy atom. The molecule has 1 N–H and O–H groups in total. The third kappa shape index (κ3) is 5.29. The minimum absolute atomic E-state index is 0.142. The molecule has 1 aromatic heterocycles. The van der Waals surface area contributed by atoms with E-state index in [0.29, 0.717) is 34.2 Å². The average Bonchev–Trinajstić information content (AvgIpc) is 2.88. The van der Waals surface area contributed by atoms with Crippen molar-refractivity contribution < 1.29 is 19.0 Å². The molecule has 174 valence electrons. The molecule has 0 radical (unpaired) electrons. The Hall–Kier alpha value is -4.06. The molecule has 0 saturated heterocycles. The number of nitrogens with one attached hydrogen (secondary N) is 1. The van der Waals surface area contributed by atoms with Crippen molar-refractivity contribution in [1.82, 2.24) is 4.98 Å². The van der Waals surface area contributed by atoms with Crippen LogP contribution in [0.5, 0.6) is 23.0 Å². The zero-order chi connectivity index (χ0) is 23.9. The molecule has 0 saturated carbocycles. The van der Waals surface area contributed by atoms with Crippen molar-refractivity contribution >= 4 is 22.5 Å². The van der Waals surface area contributed by atoms with Crippen molar-refractivity contribution in [1.29, 1.82) is 0 Å². The SMILES string of the molecule is CCCCc1ccc(C(=O)Nc2ccc(Oc3ccnc4cc(OC)c(OC)cc34)cc2)cc1. The van der Waals surface area contributed by atoms with Crippen LogP contribution in [0.3, 0.4) is 0 Å². The van der Waals surface area contributed by atoms with Gasteiger partial charge in [0.2, 0.25) is 0 Å². The molecule has 3 aromatic carbocycles. The fourth-order valence-electron chi connectivity index (χ4n) is 3.68. The molecule has 1 amide bonds. The number of benzene rings is 3. The lowest BCUT2D eigenvalue weighted by Crippen LogP contribution is -2.11. The van der Waals surface area contributed by atoms with Gasteiger partial charge in [0.1, 0.15) is 11.5 Å². The second-order valence-corrected chi connectivity index (χ2v) is 7.91. The lowest BCUT2D eigenvalue weighted by atomic mass is 10.1. The van der Waals surface area contributed by atoms with Crippen LogP contribution in [0.25, 0.3) is 10.9 Å². The molecule has 0 bridgehead atoms. The topological polar surface area (TPSA) is 69.7 Å². The predicted octanol–water partition coefficient (Wildman–Crippen LogP) is 6.64. The molecular formula is C28H28N2O4. The van der Waals surface area contributed by atoms with E-state index in [-0.39, 0.29) is 5.91 Å². The number of carbonyl (C=O) groups excluding carboxylic acids is 1. The van der Waals surface area contributed by atoms with Crippen molar-refractivity contribution in [2.75, 3.05) is 19.5 Å². The molecule has 0 unspecified atom stereocenters. The summed E-state index contributed by atoms with van der Waals surface area (Å²) in [6.07, 6.45) is 5.03. The van der Waals surface area contributed by atoms with Gasteiger partial charge in [-0.15, -0.1) is 0 Å². The van der Waals surface area contributed by atoms with Crippen molar-refractivity contribution in [3.8, 4) is 23.0 Å². The molecule has 0 aliphatic carbocycles. The summed E-state index contributed by atoms with van der Waals surface area (Å²) < 4.78 is 16.9. The smallest absolute Gasteiger partial charge is 0.255 e. The highest BCUT2D eigenvalue weighted by molar-refractivity contribution is 6.04. The highest BCUT2D eigenvalue weighted by Gasteiger charge is 2.12. The number of carbonyl (C=O) groups is 1. The highest BCUT2D eigenvalue weighted by atomic mass is 16.5. The molecule has 0 spiro atoms. The standard InChI is InChI=1S/C28H28N2O4/c1-4-5-6-19-7-9-20(10-8-19)28(31)30-21-11-13-22(14-12-21)34-25-15-16-29-24-18-27(33-3)26(32-2)17-23(24)25/h7-18H,4-6H2,1-3H3,(H,30,31). The van der Waals surface area contributed by atoms with Gasteiger partial charge in [0, 0.05) is 28.9 Å². The normalized spacial score (nSPS) is 10.7. The van der Waals surface area contributed by atoms with Crippen molar-refractivity contribution in [3.05, 3.63) is 84.1 Å². The first-order chi connectivity index (χ1) is 16.6. The number of ether oxygens (including phenoxy) is 3. The summed E-state index contributed by atoms with van der Waals surface area (Å²) in [6, 6.07) is 20.5. The van der Waals surface area contributed by atoms with Crippen LogP contribution in [0.1, 0.15) is 35.7 Å². The number of unbranched alkanes of at least 4 members (excludes halogenated alkanes) is 1. The van der Waals surface area contributed by atoms with Gasteiger partial charge in [-0.2, -0.15) is 0 Å². The van der Waals surface area contributed by atoms with Crippen LogP contribution in [-0.2, 0) is 6.42 Å². The quantitative estimate of drug-likeness (QED) is 0.306. The number of nitrogens with zero attached hydrogens (tertiary/aromatic N) is 1. The van der Waals surface area contributed by atoms with Crippen LogP contribution in [0.2, 0.25) is 0 Å². The summed E-state index contributed by atoms with van der Waals surface area (Å²) in [5.41, 5.74) is 3.31. The number of aryl methyl sites for hydroxylation is 1. The van der Waals surface area contributed by atoms with E-state index in [2.05, 4.69) is 17.2 Å². The summed E-state index contributed by atoms with van der Waals surface area (Å²) in [6.45, 7) is 2.17. The van der Waals surface area contributed by atoms with Gasteiger partial charge in [-0.1, -0.05) is 25.5 Å². The number of amides is 1. The first kappa shape index (κ1) is 23.1. The molecule has 1 heterocycles. The number of rotatable bonds is 9. The summed E-state index contributed by atoms with van der Waals surface area (Å²) in [7, 11) is 3.18. The molecule has 0 atom stereocenters. The van der Waals surface area contributed by atoms with Crippen LogP contribution in [0.15, 0.2) is 72.9 Å². The van der Waals surface area contributed by atoms with E-state index in [0.717, 1.165) is 30.2 Å². The van der Waals surface area contributed by atoms with Crippen LogP contribution >= 0.6 is 0 Å². The maximum atomic E-state index is 12.6. The van der Waals surface area contributed by atoms with Gasteiger partial charge in [0.05, 0.1) is 19.7 Å². The zero-order valence-corrected chi connectivity index (χ0v) is 19.6. The van der Waals surface area contributed by atoms with Gasteiger partial charge in [-0.3, -0.25) is 9.78 Å². The van der Waals surface area contributed by atoms with E-state index in [1.165, 1.54) is 5.56 Å². The van der Waals surface area contributed by atoms with E-state index < -0.39 is 0 Å². The van der Waals surface area contributed by atoms with Crippen LogP contribution in [0.4, 0.5) is 5.69 Å². The predicted molar refractivity (Wildman–Crippen MR) is 134 cm³/mol. The van der Waals surface area contributed by atoms with Crippen LogP contribution in [-0.4, -0.2) is 25.1 Å². The first-order valence-electron chi connectivity index (χ1n) is 11.3. The first-order valence-corrected chi connectivity index (χ1v) is 11.3. The van der Waals surface area contributed by atoms with Gasteiger partial charge in [-0.05, 0) is 66.9 Å². The molecule has 0 aliphatic heterocycles. The average molecular weight is 457 g/mol. The van der Waals surface area contributed by atoms with E-state index in [1.807, 2.05) is 60.7 Å². The molecule has 34 heavy (non-hydrogen) atoms. The maximum Gasteiger partial charge on any atom is 0.255 e. The molecule has 0 aliphatic rings. The van der Waals surface area contributed by atoms with E-state index in [1.54, 1.807) is 26.5 Å². The zero-order valence-electron chi connectivity index (χ0n) is 19.6. The lowest BCUT2D eigenvalue weighted by Gasteiger charge is -2.13. The number of methoxy groups -OCH3 is 2. The Labute approximate surface area is 199 Å². The highest BCUT2D eigenvalue weighted by Crippen LogP contribution is 2.37. The minimum Gasteiger partial charge on any atom is -0.493 e. The fraction of sp³-hybridized carbons (Fsp3) is 0.214. The summed E-state index contributed by atoms with van der Waals surface area (Å²) in [4.78, 5) is 17.0. The second-order valence-electron chi connectivity index (χ2n) is 7.91. The lowest BCUT2D eigenvalue weighted by molar-refractivity contribution is 0.102. The van der Waals surface area contributed by atoms with Gasteiger partial charge < -0.3 is 19.5 Å². The van der Waals surface area contributed by atoms with E-state index in [9.17, 15) is 4.79 Å². The monoisotopic (exact) mass is 456 g/mol. The molecule has 4 aromatic rings. The summed E-state index contributed by atoms with van der Waals surface area (Å²) >= 11 is 0. The maximum absolute atomic E-state index is 12.6. The fourth-order valence-corrected chi connectivity index (χ4v) is 3.68. The number of fused-ring (bicyclic) bond motifs is 1. The number of anilines is 1. The van der Waals surface area contributed by atoms with Gasteiger partial charge in [0.25, 0.3) is 5.91 Å².